The number of carbonyl (C=O) groups excluding carboxylic acids is 1. The van der Waals surface area contributed by atoms with Crippen molar-refractivity contribution in [3.63, 3.8) is 0 Å². The molecule has 0 atom stereocenters. The minimum absolute atomic E-state index is 0.0568. The van der Waals surface area contributed by atoms with E-state index in [0.717, 1.165) is 17.5 Å². The maximum absolute atomic E-state index is 11.8. The minimum Gasteiger partial charge on any atom is -0.482 e. The summed E-state index contributed by atoms with van der Waals surface area (Å²) in [6.07, 6.45) is 0.720. The average molecular weight is 338 g/mol. The van der Waals surface area contributed by atoms with Gasteiger partial charge in [-0.3, -0.25) is 4.79 Å². The zero-order valence-corrected chi connectivity index (χ0v) is 13.7. The first-order chi connectivity index (χ1) is 10.5. The molecule has 116 valence electrons. The van der Waals surface area contributed by atoms with Crippen molar-refractivity contribution in [2.45, 2.75) is 13.3 Å². The molecule has 2 rings (SSSR count). The van der Waals surface area contributed by atoms with Crippen molar-refractivity contribution >= 4 is 29.1 Å². The van der Waals surface area contributed by atoms with Gasteiger partial charge in [0.15, 0.2) is 6.61 Å². The normalized spacial score (nSPS) is 10.3. The molecule has 0 aliphatic heterocycles. The van der Waals surface area contributed by atoms with E-state index in [4.69, 9.17) is 27.9 Å². The fourth-order valence-corrected chi connectivity index (χ4v) is 2.34. The highest BCUT2D eigenvalue weighted by atomic mass is 35.5. The van der Waals surface area contributed by atoms with E-state index in [9.17, 15) is 4.79 Å². The molecule has 1 N–H and O–H groups in total. The van der Waals surface area contributed by atoms with Gasteiger partial charge in [-0.1, -0.05) is 41.4 Å². The van der Waals surface area contributed by atoms with Gasteiger partial charge in [-0.2, -0.15) is 0 Å². The molecule has 0 fully saturated rings. The number of hydrogen-bond acceptors (Lipinski definition) is 2. The van der Waals surface area contributed by atoms with Crippen LogP contribution < -0.4 is 10.1 Å². The summed E-state index contributed by atoms with van der Waals surface area (Å²) in [4.78, 5) is 11.8. The SMILES string of the molecule is Cc1ccc(Cl)c(OCC(=O)NCCc2cccc(Cl)c2)c1. The smallest absolute Gasteiger partial charge is 0.257 e. The molecule has 0 saturated heterocycles. The van der Waals surface area contributed by atoms with Crippen molar-refractivity contribution in [2.24, 2.45) is 0 Å². The summed E-state index contributed by atoms with van der Waals surface area (Å²) in [5.74, 6) is 0.339. The molecule has 0 saturated carbocycles. The number of hydrogen-bond donors (Lipinski definition) is 1. The quantitative estimate of drug-likeness (QED) is 0.863. The van der Waals surface area contributed by atoms with Gasteiger partial charge in [0.1, 0.15) is 5.75 Å². The number of amides is 1. The van der Waals surface area contributed by atoms with E-state index in [1.165, 1.54) is 0 Å². The van der Waals surface area contributed by atoms with Crippen molar-refractivity contribution in [1.82, 2.24) is 5.32 Å². The second-order valence-corrected chi connectivity index (χ2v) is 5.80. The van der Waals surface area contributed by atoms with Gasteiger partial charge in [-0.05, 0) is 48.7 Å². The number of nitrogens with one attached hydrogen (secondary N) is 1. The Kier molecular flexibility index (Phi) is 6.10. The summed E-state index contributed by atoms with van der Waals surface area (Å²) in [7, 11) is 0. The van der Waals surface area contributed by atoms with Gasteiger partial charge in [0.05, 0.1) is 5.02 Å². The van der Waals surface area contributed by atoms with E-state index in [1.54, 1.807) is 6.07 Å². The Hall–Kier alpha value is -1.71. The van der Waals surface area contributed by atoms with Crippen LogP contribution in [0.2, 0.25) is 10.0 Å². The molecule has 0 heterocycles. The first kappa shape index (κ1) is 16.7. The lowest BCUT2D eigenvalue weighted by molar-refractivity contribution is -0.123. The molecule has 0 aromatic heterocycles. The van der Waals surface area contributed by atoms with Crippen LogP contribution in [0.15, 0.2) is 42.5 Å². The van der Waals surface area contributed by atoms with Gasteiger partial charge >= 0.3 is 0 Å². The van der Waals surface area contributed by atoms with E-state index in [2.05, 4.69) is 5.32 Å². The number of aryl methyl sites for hydroxylation is 1. The second-order valence-electron chi connectivity index (χ2n) is 4.95. The molecule has 3 nitrogen and oxygen atoms in total. The third-order valence-electron chi connectivity index (χ3n) is 3.07. The van der Waals surface area contributed by atoms with Crippen molar-refractivity contribution in [2.75, 3.05) is 13.2 Å². The Balaban J connectivity index is 1.75. The van der Waals surface area contributed by atoms with Crippen LogP contribution in [0.25, 0.3) is 0 Å². The highest BCUT2D eigenvalue weighted by Gasteiger charge is 2.06. The van der Waals surface area contributed by atoms with Crippen molar-refractivity contribution in [3.8, 4) is 5.75 Å². The second kappa shape index (κ2) is 8.06. The van der Waals surface area contributed by atoms with Gasteiger partial charge in [0.2, 0.25) is 0 Å². The van der Waals surface area contributed by atoms with Crippen molar-refractivity contribution in [3.05, 3.63) is 63.6 Å². The molecule has 0 radical (unpaired) electrons. The first-order valence-corrected chi connectivity index (χ1v) is 7.70. The highest BCUT2D eigenvalue weighted by Crippen LogP contribution is 2.24. The lowest BCUT2D eigenvalue weighted by atomic mass is 10.1. The van der Waals surface area contributed by atoms with Crippen LogP contribution in [0.1, 0.15) is 11.1 Å². The predicted molar refractivity (Wildman–Crippen MR) is 89.8 cm³/mol. The summed E-state index contributed by atoms with van der Waals surface area (Å²) >= 11 is 11.9. The summed E-state index contributed by atoms with van der Waals surface area (Å²) in [6, 6.07) is 13.0. The lowest BCUT2D eigenvalue weighted by Gasteiger charge is -2.09. The molecule has 0 aliphatic rings. The third-order valence-corrected chi connectivity index (χ3v) is 3.62. The maximum atomic E-state index is 11.8. The zero-order valence-electron chi connectivity index (χ0n) is 12.2. The van der Waals surface area contributed by atoms with E-state index < -0.39 is 0 Å². The molecule has 5 heteroatoms. The minimum atomic E-state index is -0.181. The monoisotopic (exact) mass is 337 g/mol. The third kappa shape index (κ3) is 5.24. The van der Waals surface area contributed by atoms with E-state index in [1.807, 2.05) is 43.3 Å². The van der Waals surface area contributed by atoms with Crippen LogP contribution in [0.5, 0.6) is 5.75 Å². The van der Waals surface area contributed by atoms with E-state index >= 15 is 0 Å². The zero-order chi connectivity index (χ0) is 15.9. The van der Waals surface area contributed by atoms with Gasteiger partial charge in [-0.25, -0.2) is 0 Å². The summed E-state index contributed by atoms with van der Waals surface area (Å²) in [5, 5.41) is 4.00. The van der Waals surface area contributed by atoms with Crippen LogP contribution in [0.4, 0.5) is 0 Å². The lowest BCUT2D eigenvalue weighted by Crippen LogP contribution is -2.30. The van der Waals surface area contributed by atoms with Gasteiger partial charge in [0.25, 0.3) is 5.91 Å². The van der Waals surface area contributed by atoms with Crippen LogP contribution in [-0.2, 0) is 11.2 Å². The fraction of sp³-hybridized carbons (Fsp3) is 0.235. The Labute approximate surface area is 140 Å². The summed E-state index contributed by atoms with van der Waals surface area (Å²) in [6.45, 7) is 2.41. The van der Waals surface area contributed by atoms with Crippen molar-refractivity contribution in [1.29, 1.82) is 0 Å². The molecule has 2 aromatic carbocycles. The molecule has 0 bridgehead atoms. The molecular weight excluding hydrogens is 321 g/mol. The number of carbonyl (C=O) groups is 1. The number of rotatable bonds is 6. The Bertz CT molecular complexity index is 659. The largest absolute Gasteiger partial charge is 0.482 e. The molecular formula is C17H17Cl2NO2. The number of ether oxygens (including phenoxy) is 1. The van der Waals surface area contributed by atoms with Gasteiger partial charge in [-0.15, -0.1) is 0 Å². The Morgan fingerprint density at radius 1 is 1.18 bits per heavy atom. The first-order valence-electron chi connectivity index (χ1n) is 6.94. The van der Waals surface area contributed by atoms with Crippen LogP contribution in [0, 0.1) is 6.92 Å². The molecule has 0 unspecified atom stereocenters. The Morgan fingerprint density at radius 3 is 2.77 bits per heavy atom. The average Bonchev–Trinajstić information content (AvgIpc) is 2.48. The van der Waals surface area contributed by atoms with Crippen LogP contribution >= 0.6 is 23.2 Å². The summed E-state index contributed by atoms with van der Waals surface area (Å²) < 4.78 is 5.44. The Morgan fingerprint density at radius 2 is 2.00 bits per heavy atom. The van der Waals surface area contributed by atoms with Crippen LogP contribution in [-0.4, -0.2) is 19.1 Å². The molecule has 2 aromatic rings. The number of halogens is 2. The van der Waals surface area contributed by atoms with E-state index in [-0.39, 0.29) is 12.5 Å². The standard InChI is InChI=1S/C17H17Cl2NO2/c1-12-5-6-15(19)16(9-12)22-11-17(21)20-8-7-13-3-2-4-14(18)10-13/h2-6,9-10H,7-8,11H2,1H3,(H,20,21). The summed E-state index contributed by atoms with van der Waals surface area (Å²) in [5.41, 5.74) is 2.11. The van der Waals surface area contributed by atoms with Gasteiger partial charge in [0, 0.05) is 11.6 Å². The van der Waals surface area contributed by atoms with E-state index in [0.29, 0.717) is 22.3 Å². The fourth-order valence-electron chi connectivity index (χ4n) is 1.95. The van der Waals surface area contributed by atoms with Gasteiger partial charge < -0.3 is 10.1 Å². The maximum Gasteiger partial charge on any atom is 0.257 e. The molecule has 0 aliphatic carbocycles. The van der Waals surface area contributed by atoms with Crippen LogP contribution in [0.3, 0.4) is 0 Å². The molecule has 0 spiro atoms. The number of benzene rings is 2. The molecule has 22 heavy (non-hydrogen) atoms. The predicted octanol–water partition coefficient (Wildman–Crippen LogP) is 4.04. The van der Waals surface area contributed by atoms with Crippen molar-refractivity contribution < 1.29 is 9.53 Å². The topological polar surface area (TPSA) is 38.3 Å². The highest BCUT2D eigenvalue weighted by molar-refractivity contribution is 6.32. The molecule has 1 amide bonds.